The molecule has 2 heterocycles. The predicted molar refractivity (Wildman–Crippen MR) is 132 cm³/mol. The molecular weight excluding hydrogens is 471 g/mol. The third-order valence-corrected chi connectivity index (χ3v) is 6.41. The topological polar surface area (TPSA) is 68.2 Å². The number of benzene rings is 2. The van der Waals surface area contributed by atoms with Crippen LogP contribution in [0.3, 0.4) is 0 Å². The number of amides is 1. The van der Waals surface area contributed by atoms with Crippen molar-refractivity contribution in [3.8, 4) is 5.75 Å². The highest BCUT2D eigenvalue weighted by Crippen LogP contribution is 2.42. The van der Waals surface area contributed by atoms with Gasteiger partial charge in [0, 0.05) is 24.0 Å². The fraction of sp³-hybridized carbons (Fsp3) is 0.391. The standard InChI is InChI=1S/C23H26Cl2N4O2.ClH/c1-15-21(23(31)27-28-12-4-2-3-5-13-28)26-29(20-11-8-17(24)14-19(20)25)22(15)16-6-9-18(30)10-7-16;/h6-11,14-15,22,30H,2-5,12-13H2,1H3,(H,27,31);1H/t15-,22+;/m0./s1. The first-order valence-corrected chi connectivity index (χ1v) is 11.4. The van der Waals surface area contributed by atoms with Crippen molar-refractivity contribution in [3.05, 3.63) is 58.1 Å². The molecule has 2 aliphatic rings. The average Bonchev–Trinajstić information content (AvgIpc) is 2.89. The van der Waals surface area contributed by atoms with Crippen LogP contribution in [0.25, 0.3) is 0 Å². The maximum atomic E-state index is 13.2. The predicted octanol–water partition coefficient (Wildman–Crippen LogP) is 5.58. The molecule has 0 aliphatic carbocycles. The Hall–Kier alpha value is -1.99. The van der Waals surface area contributed by atoms with Crippen LogP contribution in [-0.2, 0) is 4.79 Å². The van der Waals surface area contributed by atoms with Crippen LogP contribution in [0.4, 0.5) is 5.69 Å². The lowest BCUT2D eigenvalue weighted by atomic mass is 9.91. The van der Waals surface area contributed by atoms with Crippen LogP contribution < -0.4 is 10.4 Å². The largest absolute Gasteiger partial charge is 0.508 e. The number of carbonyl (C=O) groups is 1. The summed E-state index contributed by atoms with van der Waals surface area (Å²) in [5, 5.41) is 19.2. The van der Waals surface area contributed by atoms with E-state index in [1.54, 1.807) is 29.3 Å². The minimum absolute atomic E-state index is 0. The first-order valence-electron chi connectivity index (χ1n) is 10.6. The molecule has 0 radical (unpaired) electrons. The Morgan fingerprint density at radius 2 is 1.72 bits per heavy atom. The molecule has 2 N–H and O–H groups in total. The molecule has 0 saturated carbocycles. The third kappa shape index (κ3) is 5.31. The molecule has 0 unspecified atom stereocenters. The van der Waals surface area contributed by atoms with Crippen LogP contribution >= 0.6 is 35.6 Å². The van der Waals surface area contributed by atoms with Gasteiger partial charge in [0.25, 0.3) is 5.91 Å². The number of hydrazine groups is 1. The van der Waals surface area contributed by atoms with E-state index in [1.165, 1.54) is 12.8 Å². The number of hydrogen-bond donors (Lipinski definition) is 2. The number of carbonyl (C=O) groups excluding carboxylic acids is 1. The van der Waals surface area contributed by atoms with E-state index in [1.807, 2.05) is 30.1 Å². The van der Waals surface area contributed by atoms with Gasteiger partial charge in [0.2, 0.25) is 0 Å². The fourth-order valence-electron chi connectivity index (χ4n) is 4.24. The molecule has 2 aromatic carbocycles. The second-order valence-corrected chi connectivity index (χ2v) is 8.94. The maximum absolute atomic E-state index is 13.2. The minimum atomic E-state index is -0.246. The van der Waals surface area contributed by atoms with Crippen molar-refractivity contribution in [1.82, 2.24) is 10.4 Å². The van der Waals surface area contributed by atoms with E-state index in [0.29, 0.717) is 21.4 Å². The van der Waals surface area contributed by atoms with Gasteiger partial charge >= 0.3 is 0 Å². The van der Waals surface area contributed by atoms with Crippen LogP contribution in [0.15, 0.2) is 47.6 Å². The highest BCUT2D eigenvalue weighted by atomic mass is 35.5. The van der Waals surface area contributed by atoms with Gasteiger partial charge in [0.15, 0.2) is 0 Å². The quantitative estimate of drug-likeness (QED) is 0.578. The summed E-state index contributed by atoms with van der Waals surface area (Å²) >= 11 is 12.6. The number of phenols is 1. The van der Waals surface area contributed by atoms with Crippen LogP contribution in [0.5, 0.6) is 5.75 Å². The first kappa shape index (κ1) is 24.6. The highest BCUT2D eigenvalue weighted by Gasteiger charge is 2.40. The van der Waals surface area contributed by atoms with E-state index >= 15 is 0 Å². The zero-order valence-electron chi connectivity index (χ0n) is 17.8. The van der Waals surface area contributed by atoms with Gasteiger partial charge in [-0.05, 0) is 48.7 Å². The number of anilines is 1. The third-order valence-electron chi connectivity index (χ3n) is 5.87. The molecule has 1 saturated heterocycles. The molecule has 9 heteroatoms. The van der Waals surface area contributed by atoms with Gasteiger partial charge in [-0.15, -0.1) is 12.4 Å². The van der Waals surface area contributed by atoms with Crippen molar-refractivity contribution < 1.29 is 9.90 Å². The molecule has 1 amide bonds. The summed E-state index contributed by atoms with van der Waals surface area (Å²) in [6.07, 6.45) is 4.53. The summed E-state index contributed by atoms with van der Waals surface area (Å²) in [6, 6.07) is 12.0. The molecule has 0 spiro atoms. The first-order chi connectivity index (χ1) is 14.9. The second-order valence-electron chi connectivity index (χ2n) is 8.09. The molecular formula is C23H27Cl3N4O2. The number of nitrogens with zero attached hydrogens (tertiary/aromatic N) is 3. The molecule has 4 rings (SSSR count). The maximum Gasteiger partial charge on any atom is 0.282 e. The number of nitrogens with one attached hydrogen (secondary N) is 1. The summed E-state index contributed by atoms with van der Waals surface area (Å²) in [6.45, 7) is 3.69. The van der Waals surface area contributed by atoms with Crippen LogP contribution in [0.1, 0.15) is 44.2 Å². The van der Waals surface area contributed by atoms with E-state index < -0.39 is 0 Å². The lowest BCUT2D eigenvalue weighted by molar-refractivity contribution is -0.119. The summed E-state index contributed by atoms with van der Waals surface area (Å²) in [7, 11) is 0. The van der Waals surface area contributed by atoms with Gasteiger partial charge in [-0.2, -0.15) is 5.10 Å². The number of halogens is 3. The average molecular weight is 498 g/mol. The SMILES string of the molecule is C[C@H]1C(C(=O)NN2CCCCCC2)=NN(c2ccc(Cl)cc2Cl)[C@H]1c1ccc(O)cc1.Cl. The van der Waals surface area contributed by atoms with Crippen LogP contribution in [0.2, 0.25) is 10.0 Å². The van der Waals surface area contributed by atoms with Gasteiger partial charge in [0.1, 0.15) is 11.5 Å². The summed E-state index contributed by atoms with van der Waals surface area (Å²) in [4.78, 5) is 13.2. The van der Waals surface area contributed by atoms with E-state index in [2.05, 4.69) is 5.43 Å². The van der Waals surface area contributed by atoms with Gasteiger partial charge in [-0.25, -0.2) is 5.01 Å². The van der Waals surface area contributed by atoms with Crippen molar-refractivity contribution >= 4 is 52.9 Å². The Bertz CT molecular complexity index is 976. The Kier molecular flexibility index (Phi) is 8.28. The van der Waals surface area contributed by atoms with Gasteiger partial charge < -0.3 is 5.11 Å². The Morgan fingerprint density at radius 3 is 2.34 bits per heavy atom. The summed E-state index contributed by atoms with van der Waals surface area (Å²) in [5.41, 5.74) is 5.11. The molecule has 32 heavy (non-hydrogen) atoms. The Morgan fingerprint density at radius 1 is 1.06 bits per heavy atom. The van der Waals surface area contributed by atoms with Crippen molar-refractivity contribution in [3.63, 3.8) is 0 Å². The number of hydrogen-bond acceptors (Lipinski definition) is 5. The van der Waals surface area contributed by atoms with Crippen LogP contribution in [0, 0.1) is 5.92 Å². The number of hydrazone groups is 1. The van der Waals surface area contributed by atoms with E-state index in [9.17, 15) is 9.90 Å². The van der Waals surface area contributed by atoms with Gasteiger partial charge in [0.05, 0.1) is 16.8 Å². The number of aromatic hydroxyl groups is 1. The van der Waals surface area contributed by atoms with Crippen molar-refractivity contribution in [2.75, 3.05) is 18.1 Å². The molecule has 172 valence electrons. The van der Waals surface area contributed by atoms with Gasteiger partial charge in [-0.3, -0.25) is 15.2 Å². The lowest BCUT2D eigenvalue weighted by Gasteiger charge is -2.27. The normalized spacial score (nSPS) is 21.5. The van der Waals surface area contributed by atoms with E-state index in [4.69, 9.17) is 28.3 Å². The summed E-state index contributed by atoms with van der Waals surface area (Å²) in [5.74, 6) is -0.195. The molecule has 2 aromatic rings. The highest BCUT2D eigenvalue weighted by molar-refractivity contribution is 6.41. The molecule has 0 bridgehead atoms. The fourth-order valence-corrected chi connectivity index (χ4v) is 4.73. The van der Waals surface area contributed by atoms with E-state index in [-0.39, 0.29) is 36.0 Å². The summed E-state index contributed by atoms with van der Waals surface area (Å²) < 4.78 is 0. The van der Waals surface area contributed by atoms with Crippen molar-refractivity contribution in [1.29, 1.82) is 0 Å². The van der Waals surface area contributed by atoms with E-state index in [0.717, 1.165) is 31.5 Å². The van der Waals surface area contributed by atoms with Gasteiger partial charge in [-0.1, -0.05) is 55.1 Å². The smallest absolute Gasteiger partial charge is 0.282 e. The lowest BCUT2D eigenvalue weighted by Crippen LogP contribution is -2.46. The second kappa shape index (κ2) is 10.8. The van der Waals surface area contributed by atoms with Crippen molar-refractivity contribution in [2.24, 2.45) is 11.0 Å². The zero-order chi connectivity index (χ0) is 22.0. The number of phenolic OH excluding ortho intramolecular Hbond substituents is 1. The monoisotopic (exact) mass is 496 g/mol. The van der Waals surface area contributed by atoms with Crippen molar-refractivity contribution in [2.45, 2.75) is 38.6 Å². The van der Waals surface area contributed by atoms with Crippen LogP contribution in [-0.4, -0.2) is 34.8 Å². The molecule has 0 aromatic heterocycles. The molecule has 2 atom stereocenters. The minimum Gasteiger partial charge on any atom is -0.508 e. The molecule has 6 nitrogen and oxygen atoms in total. The molecule has 1 fully saturated rings. The zero-order valence-corrected chi connectivity index (χ0v) is 20.1. The number of rotatable bonds is 4. The molecule has 2 aliphatic heterocycles. The Labute approximate surface area is 204 Å². The Balaban J connectivity index is 0.00000289.